The molecule has 0 fully saturated rings. The summed E-state index contributed by atoms with van der Waals surface area (Å²) in [5.74, 6) is 1.67. The van der Waals surface area contributed by atoms with Crippen molar-refractivity contribution in [2.75, 3.05) is 6.54 Å². The van der Waals surface area contributed by atoms with Gasteiger partial charge in [0.05, 0.1) is 0 Å². The van der Waals surface area contributed by atoms with Crippen molar-refractivity contribution in [3.05, 3.63) is 0 Å². The molecule has 0 bridgehead atoms. The van der Waals surface area contributed by atoms with Crippen molar-refractivity contribution in [1.29, 1.82) is 0 Å². The van der Waals surface area contributed by atoms with Gasteiger partial charge < -0.3 is 5.73 Å². The van der Waals surface area contributed by atoms with Gasteiger partial charge in [-0.2, -0.15) is 0 Å². The fourth-order valence-electron chi connectivity index (χ4n) is 1.52. The molecule has 0 radical (unpaired) electrons. The van der Waals surface area contributed by atoms with Crippen LogP contribution < -0.4 is 5.73 Å². The Bertz CT molecular complexity index is 67.9. The minimum absolute atomic E-state index is 0. The molecule has 1 atom stereocenters. The first-order valence-corrected chi connectivity index (χ1v) is 4.98. The smallest absolute Gasteiger partial charge is 0.00489 e. The molecule has 0 aliphatic heterocycles. The molecule has 12 heavy (non-hydrogen) atoms. The minimum atomic E-state index is 0. The van der Waals surface area contributed by atoms with Crippen LogP contribution in [0.25, 0.3) is 0 Å². The van der Waals surface area contributed by atoms with Crippen molar-refractivity contribution < 1.29 is 0 Å². The highest BCUT2D eigenvalue weighted by Crippen LogP contribution is 2.19. The van der Waals surface area contributed by atoms with Crippen LogP contribution in [0, 0.1) is 11.8 Å². The molecule has 0 spiro atoms. The van der Waals surface area contributed by atoms with Gasteiger partial charge in [-0.25, -0.2) is 0 Å². The maximum atomic E-state index is 5.64. The molecule has 0 aliphatic rings. The van der Waals surface area contributed by atoms with Crippen molar-refractivity contribution in [2.24, 2.45) is 17.6 Å². The van der Waals surface area contributed by atoms with Crippen molar-refractivity contribution in [2.45, 2.75) is 46.5 Å². The van der Waals surface area contributed by atoms with E-state index in [0.717, 1.165) is 18.4 Å². The van der Waals surface area contributed by atoms with Gasteiger partial charge in [0, 0.05) is 0 Å². The molecule has 0 saturated carbocycles. The lowest BCUT2D eigenvalue weighted by Crippen LogP contribution is -2.16. The van der Waals surface area contributed by atoms with Crippen LogP contribution in [0.4, 0.5) is 0 Å². The van der Waals surface area contributed by atoms with Crippen molar-refractivity contribution in [3.8, 4) is 0 Å². The first kappa shape index (κ1) is 14.8. The van der Waals surface area contributed by atoms with E-state index in [4.69, 9.17) is 5.73 Å². The number of hydrogen-bond acceptors (Lipinski definition) is 1. The zero-order valence-electron chi connectivity index (χ0n) is 8.68. The van der Waals surface area contributed by atoms with Gasteiger partial charge in [0.15, 0.2) is 0 Å². The summed E-state index contributed by atoms with van der Waals surface area (Å²) in [5, 5.41) is 0. The van der Waals surface area contributed by atoms with Crippen LogP contribution in [0.1, 0.15) is 46.5 Å². The normalized spacial score (nSPS) is 12.8. The van der Waals surface area contributed by atoms with E-state index in [1.807, 2.05) is 0 Å². The summed E-state index contributed by atoms with van der Waals surface area (Å²) in [6, 6.07) is 0. The summed E-state index contributed by atoms with van der Waals surface area (Å²) in [4.78, 5) is 0. The van der Waals surface area contributed by atoms with E-state index in [2.05, 4.69) is 20.8 Å². The van der Waals surface area contributed by atoms with Gasteiger partial charge in [0.25, 0.3) is 0 Å². The Balaban J connectivity index is 0. The molecule has 0 aromatic heterocycles. The molecule has 2 N–H and O–H groups in total. The number of hydrogen-bond donors (Lipinski definition) is 1. The number of nitrogens with two attached hydrogens (primary N) is 1. The SMILES string of the molecule is CCC(CC)CC(CC)CN.Cl. The molecule has 0 aliphatic carbocycles. The predicted molar refractivity (Wildman–Crippen MR) is 58.8 cm³/mol. The molecule has 2 heteroatoms. The van der Waals surface area contributed by atoms with Crippen LogP contribution in [0.15, 0.2) is 0 Å². The van der Waals surface area contributed by atoms with E-state index in [-0.39, 0.29) is 12.4 Å². The Hall–Kier alpha value is 0.250. The summed E-state index contributed by atoms with van der Waals surface area (Å²) >= 11 is 0. The Morgan fingerprint density at radius 2 is 1.33 bits per heavy atom. The van der Waals surface area contributed by atoms with Crippen LogP contribution in [0.5, 0.6) is 0 Å². The number of rotatable bonds is 6. The van der Waals surface area contributed by atoms with E-state index in [9.17, 15) is 0 Å². The maximum absolute atomic E-state index is 5.64. The van der Waals surface area contributed by atoms with Gasteiger partial charge in [-0.15, -0.1) is 12.4 Å². The molecule has 0 amide bonds. The van der Waals surface area contributed by atoms with Crippen molar-refractivity contribution in [3.63, 3.8) is 0 Å². The molecule has 0 aromatic rings. The zero-order chi connectivity index (χ0) is 8.69. The molecule has 0 rings (SSSR count). The second-order valence-electron chi connectivity index (χ2n) is 3.43. The predicted octanol–water partition coefficient (Wildman–Crippen LogP) is 3.22. The standard InChI is InChI=1S/C10H23N.ClH/c1-4-9(5-2)7-10(6-3)8-11;/h9-10H,4-8,11H2,1-3H3;1H. The van der Waals surface area contributed by atoms with E-state index < -0.39 is 0 Å². The first-order valence-electron chi connectivity index (χ1n) is 4.98. The highest BCUT2D eigenvalue weighted by molar-refractivity contribution is 5.85. The quantitative estimate of drug-likeness (QED) is 0.689. The van der Waals surface area contributed by atoms with Crippen LogP contribution in [-0.2, 0) is 0 Å². The van der Waals surface area contributed by atoms with Crippen molar-refractivity contribution in [1.82, 2.24) is 0 Å². The third kappa shape index (κ3) is 5.84. The van der Waals surface area contributed by atoms with Crippen LogP contribution >= 0.6 is 12.4 Å². The van der Waals surface area contributed by atoms with Gasteiger partial charge in [0.1, 0.15) is 0 Å². The molecule has 1 nitrogen and oxygen atoms in total. The largest absolute Gasteiger partial charge is 0.330 e. The lowest BCUT2D eigenvalue weighted by molar-refractivity contribution is 0.351. The average Bonchev–Trinajstić information content (AvgIpc) is 2.07. The lowest BCUT2D eigenvalue weighted by Gasteiger charge is -2.18. The van der Waals surface area contributed by atoms with E-state index in [1.165, 1.54) is 25.7 Å². The third-order valence-corrected chi connectivity index (χ3v) is 2.73. The zero-order valence-corrected chi connectivity index (χ0v) is 9.49. The van der Waals surface area contributed by atoms with Gasteiger partial charge in [-0.1, -0.05) is 40.0 Å². The molecule has 0 heterocycles. The second-order valence-corrected chi connectivity index (χ2v) is 3.43. The topological polar surface area (TPSA) is 26.0 Å². The van der Waals surface area contributed by atoms with E-state index >= 15 is 0 Å². The summed E-state index contributed by atoms with van der Waals surface area (Å²) < 4.78 is 0. The summed E-state index contributed by atoms with van der Waals surface area (Å²) in [6.45, 7) is 7.65. The van der Waals surface area contributed by atoms with Crippen LogP contribution in [-0.4, -0.2) is 6.54 Å². The summed E-state index contributed by atoms with van der Waals surface area (Å²) in [7, 11) is 0. The van der Waals surface area contributed by atoms with Crippen molar-refractivity contribution >= 4 is 12.4 Å². The number of halogens is 1. The van der Waals surface area contributed by atoms with Crippen LogP contribution in [0.3, 0.4) is 0 Å². The Morgan fingerprint density at radius 3 is 1.58 bits per heavy atom. The summed E-state index contributed by atoms with van der Waals surface area (Å²) in [5.41, 5.74) is 5.64. The molecular formula is C10H24ClN. The van der Waals surface area contributed by atoms with E-state index in [0.29, 0.717) is 0 Å². The highest BCUT2D eigenvalue weighted by Gasteiger charge is 2.10. The Kier molecular flexibility index (Phi) is 11.5. The van der Waals surface area contributed by atoms with Gasteiger partial charge >= 0.3 is 0 Å². The maximum Gasteiger partial charge on any atom is -0.00489 e. The minimum Gasteiger partial charge on any atom is -0.330 e. The summed E-state index contributed by atoms with van der Waals surface area (Å²) in [6.07, 6.45) is 5.20. The Morgan fingerprint density at radius 1 is 0.917 bits per heavy atom. The molecular weight excluding hydrogens is 170 g/mol. The van der Waals surface area contributed by atoms with Gasteiger partial charge in [0.2, 0.25) is 0 Å². The van der Waals surface area contributed by atoms with Gasteiger partial charge in [-0.05, 0) is 24.8 Å². The van der Waals surface area contributed by atoms with Crippen LogP contribution in [0.2, 0.25) is 0 Å². The first-order chi connectivity index (χ1) is 5.28. The van der Waals surface area contributed by atoms with E-state index in [1.54, 1.807) is 0 Å². The Labute approximate surface area is 83.5 Å². The molecule has 1 unspecified atom stereocenters. The molecule has 0 saturated heterocycles. The second kappa shape index (κ2) is 9.34. The third-order valence-electron chi connectivity index (χ3n) is 2.73. The lowest BCUT2D eigenvalue weighted by atomic mass is 9.89. The molecule has 76 valence electrons. The highest BCUT2D eigenvalue weighted by atomic mass is 35.5. The monoisotopic (exact) mass is 193 g/mol. The van der Waals surface area contributed by atoms with Gasteiger partial charge in [-0.3, -0.25) is 0 Å². The fraction of sp³-hybridized carbons (Fsp3) is 1.00. The fourth-order valence-corrected chi connectivity index (χ4v) is 1.52. The average molecular weight is 194 g/mol. The molecule has 0 aromatic carbocycles.